The zero-order chi connectivity index (χ0) is 14.9. The second-order valence-electron chi connectivity index (χ2n) is 5.85. The molecule has 0 saturated heterocycles. The molecular formula is C14H19BrN2O2S. The maximum Gasteiger partial charge on any atom is 0.407 e. The maximum atomic E-state index is 11.8. The summed E-state index contributed by atoms with van der Waals surface area (Å²) in [7, 11) is 0. The Morgan fingerprint density at radius 1 is 1.50 bits per heavy atom. The molecule has 0 spiro atoms. The van der Waals surface area contributed by atoms with Gasteiger partial charge in [0.25, 0.3) is 0 Å². The number of anilines is 1. The number of hydrogen-bond acceptors (Lipinski definition) is 4. The van der Waals surface area contributed by atoms with Crippen LogP contribution in [0.3, 0.4) is 0 Å². The quantitative estimate of drug-likeness (QED) is 0.672. The van der Waals surface area contributed by atoms with E-state index in [2.05, 4.69) is 39.2 Å². The minimum atomic E-state index is -0.501. The second kappa shape index (κ2) is 5.85. The van der Waals surface area contributed by atoms with E-state index >= 15 is 0 Å². The minimum absolute atomic E-state index is 0.116. The number of amides is 1. The third-order valence-electron chi connectivity index (χ3n) is 2.89. The predicted molar refractivity (Wildman–Crippen MR) is 87.4 cm³/mol. The lowest BCUT2D eigenvalue weighted by atomic mass is 9.99. The van der Waals surface area contributed by atoms with Crippen molar-refractivity contribution >= 4 is 40.3 Å². The fourth-order valence-electron chi connectivity index (χ4n) is 2.07. The number of carbonyl (C=O) groups excluding carboxylic acids is 1. The first kappa shape index (κ1) is 15.5. The SMILES string of the molecule is CC(C)(C)OC(=O)N[C@H]1Cc2cc(Br)ccc2N[C@H]1S. The van der Waals surface area contributed by atoms with Crippen LogP contribution in [-0.4, -0.2) is 23.1 Å². The van der Waals surface area contributed by atoms with Crippen LogP contribution in [0, 0.1) is 0 Å². The van der Waals surface area contributed by atoms with Crippen LogP contribution in [0.1, 0.15) is 26.3 Å². The summed E-state index contributed by atoms with van der Waals surface area (Å²) in [5.41, 5.74) is 1.69. The topological polar surface area (TPSA) is 50.4 Å². The Kier molecular flexibility index (Phi) is 4.54. The smallest absolute Gasteiger partial charge is 0.407 e. The molecule has 1 aromatic carbocycles. The number of ether oxygens (including phenoxy) is 1. The second-order valence-corrected chi connectivity index (χ2v) is 7.32. The largest absolute Gasteiger partial charge is 0.444 e. The molecule has 2 N–H and O–H groups in total. The van der Waals surface area contributed by atoms with E-state index in [4.69, 9.17) is 4.74 Å². The molecule has 0 unspecified atom stereocenters. The van der Waals surface area contributed by atoms with E-state index in [1.807, 2.05) is 39.0 Å². The number of fused-ring (bicyclic) bond motifs is 1. The van der Waals surface area contributed by atoms with Gasteiger partial charge in [-0.1, -0.05) is 15.9 Å². The molecule has 0 aromatic heterocycles. The molecule has 0 fully saturated rings. The molecule has 6 heteroatoms. The fraction of sp³-hybridized carbons (Fsp3) is 0.500. The summed E-state index contributed by atoms with van der Waals surface area (Å²) in [4.78, 5) is 11.8. The molecule has 20 heavy (non-hydrogen) atoms. The van der Waals surface area contributed by atoms with Gasteiger partial charge in [0.1, 0.15) is 5.60 Å². The van der Waals surface area contributed by atoms with Gasteiger partial charge in [-0.3, -0.25) is 0 Å². The third-order valence-corrected chi connectivity index (χ3v) is 3.88. The van der Waals surface area contributed by atoms with E-state index in [0.29, 0.717) is 0 Å². The fourth-order valence-corrected chi connectivity index (χ4v) is 2.80. The zero-order valence-electron chi connectivity index (χ0n) is 11.7. The van der Waals surface area contributed by atoms with E-state index in [1.165, 1.54) is 0 Å². The van der Waals surface area contributed by atoms with E-state index < -0.39 is 11.7 Å². The first-order chi connectivity index (χ1) is 9.24. The molecule has 1 amide bonds. The third kappa shape index (κ3) is 4.06. The molecule has 1 aromatic rings. The van der Waals surface area contributed by atoms with Gasteiger partial charge in [-0.15, -0.1) is 0 Å². The van der Waals surface area contributed by atoms with Gasteiger partial charge in [-0.25, -0.2) is 4.79 Å². The van der Waals surface area contributed by atoms with Crippen molar-refractivity contribution in [2.45, 2.75) is 44.2 Å². The lowest BCUT2D eigenvalue weighted by Gasteiger charge is -2.33. The lowest BCUT2D eigenvalue weighted by Crippen LogP contribution is -2.49. The van der Waals surface area contributed by atoms with Crippen molar-refractivity contribution in [3.63, 3.8) is 0 Å². The molecule has 2 rings (SSSR count). The van der Waals surface area contributed by atoms with Crippen LogP contribution in [0.5, 0.6) is 0 Å². The molecule has 0 aliphatic carbocycles. The van der Waals surface area contributed by atoms with Gasteiger partial charge in [0.05, 0.1) is 11.4 Å². The lowest BCUT2D eigenvalue weighted by molar-refractivity contribution is 0.0504. The Labute approximate surface area is 133 Å². The monoisotopic (exact) mass is 358 g/mol. The molecule has 1 aliphatic rings. The number of benzene rings is 1. The number of rotatable bonds is 1. The Morgan fingerprint density at radius 2 is 2.20 bits per heavy atom. The molecular weight excluding hydrogens is 340 g/mol. The summed E-state index contributed by atoms with van der Waals surface area (Å²) >= 11 is 7.96. The highest BCUT2D eigenvalue weighted by Gasteiger charge is 2.28. The molecule has 1 heterocycles. The van der Waals surface area contributed by atoms with Crippen molar-refractivity contribution in [1.29, 1.82) is 0 Å². The molecule has 1 aliphatic heterocycles. The molecule has 110 valence electrons. The normalized spacial score (nSPS) is 21.6. The summed E-state index contributed by atoms with van der Waals surface area (Å²) < 4.78 is 6.30. The van der Waals surface area contributed by atoms with Crippen LogP contribution in [0.25, 0.3) is 0 Å². The standard InChI is InChI=1S/C14H19BrN2O2S/c1-14(2,3)19-13(18)17-11-7-8-6-9(15)4-5-10(8)16-12(11)20/h4-6,11-12,16,20H,7H2,1-3H3,(H,17,18)/t11-,12-/m0/s1. The summed E-state index contributed by atoms with van der Waals surface area (Å²) in [6, 6.07) is 5.92. The zero-order valence-corrected chi connectivity index (χ0v) is 14.2. The molecule has 4 nitrogen and oxygen atoms in total. The minimum Gasteiger partial charge on any atom is -0.444 e. The highest BCUT2D eigenvalue weighted by atomic mass is 79.9. The Balaban J connectivity index is 2.05. The average molecular weight is 359 g/mol. The van der Waals surface area contributed by atoms with Crippen LogP contribution in [0.2, 0.25) is 0 Å². The number of nitrogens with one attached hydrogen (secondary N) is 2. The van der Waals surface area contributed by atoms with Gasteiger partial charge in [-0.05, 0) is 51.0 Å². The van der Waals surface area contributed by atoms with Crippen molar-refractivity contribution < 1.29 is 9.53 Å². The van der Waals surface area contributed by atoms with Gasteiger partial charge in [0, 0.05) is 10.2 Å². The van der Waals surface area contributed by atoms with E-state index in [0.717, 1.165) is 22.1 Å². The molecule has 0 saturated carbocycles. The predicted octanol–water partition coefficient (Wildman–Crippen LogP) is 3.57. The van der Waals surface area contributed by atoms with Crippen LogP contribution in [0.15, 0.2) is 22.7 Å². The first-order valence-electron chi connectivity index (χ1n) is 6.47. The summed E-state index contributed by atoms with van der Waals surface area (Å²) in [5, 5.41) is 6.01. The van der Waals surface area contributed by atoms with Crippen molar-refractivity contribution in [1.82, 2.24) is 5.32 Å². The van der Waals surface area contributed by atoms with Crippen LogP contribution < -0.4 is 10.6 Å². The summed E-state index contributed by atoms with van der Waals surface area (Å²) in [5.74, 6) is 0. The number of alkyl carbamates (subject to hydrolysis) is 1. The summed E-state index contributed by atoms with van der Waals surface area (Å²) in [6.07, 6.45) is 0.302. The van der Waals surface area contributed by atoms with Crippen molar-refractivity contribution in [2.75, 3.05) is 5.32 Å². The highest BCUT2D eigenvalue weighted by Crippen LogP contribution is 2.29. The number of carbonyl (C=O) groups is 1. The average Bonchev–Trinajstić information content (AvgIpc) is 2.28. The van der Waals surface area contributed by atoms with Gasteiger partial charge < -0.3 is 15.4 Å². The Morgan fingerprint density at radius 3 is 2.85 bits per heavy atom. The highest BCUT2D eigenvalue weighted by molar-refractivity contribution is 9.10. The summed E-state index contributed by atoms with van der Waals surface area (Å²) in [6.45, 7) is 5.53. The van der Waals surface area contributed by atoms with Gasteiger partial charge in [-0.2, -0.15) is 12.6 Å². The number of halogens is 1. The van der Waals surface area contributed by atoms with Crippen molar-refractivity contribution in [3.8, 4) is 0 Å². The van der Waals surface area contributed by atoms with Crippen molar-refractivity contribution in [3.05, 3.63) is 28.2 Å². The van der Waals surface area contributed by atoms with E-state index in [9.17, 15) is 4.79 Å². The molecule has 0 bridgehead atoms. The Bertz CT molecular complexity index is 516. The van der Waals surface area contributed by atoms with Crippen molar-refractivity contribution in [2.24, 2.45) is 0 Å². The maximum absolute atomic E-state index is 11.8. The van der Waals surface area contributed by atoms with E-state index in [-0.39, 0.29) is 11.4 Å². The first-order valence-corrected chi connectivity index (χ1v) is 7.78. The molecule has 2 atom stereocenters. The van der Waals surface area contributed by atoms with E-state index in [1.54, 1.807) is 0 Å². The Hall–Kier alpha value is -0.880. The van der Waals surface area contributed by atoms with Gasteiger partial charge in [0.2, 0.25) is 0 Å². The van der Waals surface area contributed by atoms with Gasteiger partial charge >= 0.3 is 6.09 Å². The van der Waals surface area contributed by atoms with Crippen LogP contribution >= 0.6 is 28.6 Å². The van der Waals surface area contributed by atoms with Gasteiger partial charge in [0.15, 0.2) is 0 Å². The molecule has 0 radical (unpaired) electrons. The number of hydrogen-bond donors (Lipinski definition) is 3. The van der Waals surface area contributed by atoms with Crippen LogP contribution in [0.4, 0.5) is 10.5 Å². The van der Waals surface area contributed by atoms with Crippen LogP contribution in [-0.2, 0) is 11.2 Å². The number of thiol groups is 1.